The van der Waals surface area contributed by atoms with Crippen LogP contribution in [0.3, 0.4) is 0 Å². The lowest BCUT2D eigenvalue weighted by Gasteiger charge is -2.33. The van der Waals surface area contributed by atoms with E-state index in [4.69, 9.17) is 5.73 Å². The van der Waals surface area contributed by atoms with E-state index in [0.29, 0.717) is 0 Å². The van der Waals surface area contributed by atoms with Gasteiger partial charge in [0, 0.05) is 6.04 Å². The summed E-state index contributed by atoms with van der Waals surface area (Å²) in [6, 6.07) is 0.890. The molecular weight excluding hydrogens is 184 g/mol. The third-order valence-electron chi connectivity index (χ3n) is 3.65. The van der Waals surface area contributed by atoms with Crippen molar-refractivity contribution in [1.82, 2.24) is 4.90 Å². The van der Waals surface area contributed by atoms with Crippen LogP contribution < -0.4 is 5.73 Å². The summed E-state index contributed by atoms with van der Waals surface area (Å²) >= 11 is 0. The lowest BCUT2D eigenvalue weighted by atomic mass is 9.94. The van der Waals surface area contributed by atoms with Crippen LogP contribution in [0.1, 0.15) is 58.3 Å². The first-order valence-corrected chi connectivity index (χ1v) is 6.82. The van der Waals surface area contributed by atoms with E-state index in [9.17, 15) is 0 Å². The van der Waals surface area contributed by atoms with Gasteiger partial charge >= 0.3 is 0 Å². The van der Waals surface area contributed by atoms with Gasteiger partial charge in [0.2, 0.25) is 0 Å². The summed E-state index contributed by atoms with van der Waals surface area (Å²) < 4.78 is 0. The van der Waals surface area contributed by atoms with Crippen molar-refractivity contribution in [3.8, 4) is 0 Å². The van der Waals surface area contributed by atoms with Gasteiger partial charge in [0.15, 0.2) is 0 Å². The van der Waals surface area contributed by atoms with E-state index in [1.165, 1.54) is 64.5 Å². The van der Waals surface area contributed by atoms with E-state index < -0.39 is 0 Å². The molecule has 0 radical (unpaired) electrons. The second kappa shape index (κ2) is 8.12. The third kappa shape index (κ3) is 4.98. The van der Waals surface area contributed by atoms with Crippen LogP contribution in [0.2, 0.25) is 0 Å². The summed E-state index contributed by atoms with van der Waals surface area (Å²) in [5.41, 5.74) is 5.51. The van der Waals surface area contributed by atoms with Gasteiger partial charge in [-0.1, -0.05) is 32.6 Å². The number of unbranched alkanes of at least 4 members (excludes halogenated alkanes) is 2. The average Bonchev–Trinajstić information content (AvgIpc) is 2.30. The van der Waals surface area contributed by atoms with E-state index >= 15 is 0 Å². The minimum Gasteiger partial charge on any atom is -0.330 e. The number of nitrogens with zero attached hydrogens (tertiary/aromatic N) is 1. The quantitative estimate of drug-likeness (QED) is 0.658. The Bertz CT molecular complexity index is 141. The fourth-order valence-corrected chi connectivity index (χ4v) is 2.68. The highest BCUT2D eigenvalue weighted by atomic mass is 15.1. The maximum atomic E-state index is 5.51. The highest BCUT2D eigenvalue weighted by Crippen LogP contribution is 2.22. The molecule has 1 rings (SSSR count). The normalized spacial score (nSPS) is 18.6. The first-order valence-electron chi connectivity index (χ1n) is 6.82. The standard InChI is InChI=1S/C13H28N2/c1-2-15(12-8-4-7-11-14)13-9-5-3-6-10-13/h13H,2-12,14H2,1H3. The number of nitrogens with two attached hydrogens (primary N) is 1. The van der Waals surface area contributed by atoms with Gasteiger partial charge in [0.1, 0.15) is 0 Å². The average molecular weight is 212 g/mol. The van der Waals surface area contributed by atoms with E-state index in [2.05, 4.69) is 11.8 Å². The Hall–Kier alpha value is -0.0800. The Balaban J connectivity index is 2.15. The summed E-state index contributed by atoms with van der Waals surface area (Å²) in [7, 11) is 0. The molecule has 0 atom stereocenters. The van der Waals surface area contributed by atoms with Crippen molar-refractivity contribution < 1.29 is 0 Å². The Morgan fingerprint density at radius 3 is 2.40 bits per heavy atom. The van der Waals surface area contributed by atoms with Crippen LogP contribution in [0, 0.1) is 0 Å². The molecule has 0 heterocycles. The predicted octanol–water partition coefficient (Wildman–Crippen LogP) is 2.77. The molecule has 1 aliphatic rings. The van der Waals surface area contributed by atoms with E-state index in [1.807, 2.05) is 0 Å². The maximum Gasteiger partial charge on any atom is 0.00951 e. The Morgan fingerprint density at radius 2 is 1.80 bits per heavy atom. The van der Waals surface area contributed by atoms with Crippen LogP contribution in [0.15, 0.2) is 0 Å². The second-order valence-corrected chi connectivity index (χ2v) is 4.77. The van der Waals surface area contributed by atoms with Crippen molar-refractivity contribution >= 4 is 0 Å². The van der Waals surface area contributed by atoms with Crippen molar-refractivity contribution in [2.24, 2.45) is 5.73 Å². The smallest absolute Gasteiger partial charge is 0.00951 e. The zero-order valence-corrected chi connectivity index (χ0v) is 10.4. The SMILES string of the molecule is CCN(CCCCCN)C1CCCCC1. The van der Waals surface area contributed by atoms with Gasteiger partial charge in [-0.15, -0.1) is 0 Å². The summed E-state index contributed by atoms with van der Waals surface area (Å²) in [6.07, 6.45) is 11.1. The van der Waals surface area contributed by atoms with Gasteiger partial charge in [0.05, 0.1) is 0 Å². The molecule has 0 amide bonds. The highest BCUT2D eigenvalue weighted by molar-refractivity contribution is 4.74. The Labute approximate surface area is 95.2 Å². The first kappa shape index (κ1) is 13.0. The molecule has 0 bridgehead atoms. The molecular formula is C13H28N2. The van der Waals surface area contributed by atoms with Gasteiger partial charge in [-0.3, -0.25) is 0 Å². The highest BCUT2D eigenvalue weighted by Gasteiger charge is 2.18. The van der Waals surface area contributed by atoms with E-state index in [1.54, 1.807) is 0 Å². The minimum atomic E-state index is 0.857. The summed E-state index contributed by atoms with van der Waals surface area (Å²) in [4.78, 5) is 2.69. The van der Waals surface area contributed by atoms with Crippen molar-refractivity contribution in [2.75, 3.05) is 19.6 Å². The molecule has 0 saturated heterocycles. The largest absolute Gasteiger partial charge is 0.330 e. The van der Waals surface area contributed by atoms with Crippen LogP contribution in [0.5, 0.6) is 0 Å². The Kier molecular flexibility index (Phi) is 7.03. The predicted molar refractivity (Wildman–Crippen MR) is 67.0 cm³/mol. The molecule has 0 aromatic heterocycles. The molecule has 2 N–H and O–H groups in total. The molecule has 2 nitrogen and oxygen atoms in total. The van der Waals surface area contributed by atoms with Crippen molar-refractivity contribution in [1.29, 1.82) is 0 Å². The Morgan fingerprint density at radius 1 is 1.07 bits per heavy atom. The first-order chi connectivity index (χ1) is 7.38. The molecule has 0 aliphatic heterocycles. The van der Waals surface area contributed by atoms with Gasteiger partial charge in [-0.25, -0.2) is 0 Å². The van der Waals surface area contributed by atoms with Gasteiger partial charge in [-0.05, 0) is 45.3 Å². The number of hydrogen-bond donors (Lipinski definition) is 1. The summed E-state index contributed by atoms with van der Waals surface area (Å²) in [5, 5.41) is 0. The zero-order valence-electron chi connectivity index (χ0n) is 10.4. The molecule has 1 fully saturated rings. The lowest BCUT2D eigenvalue weighted by Crippen LogP contribution is -2.37. The van der Waals surface area contributed by atoms with Crippen molar-refractivity contribution in [2.45, 2.75) is 64.3 Å². The molecule has 1 saturated carbocycles. The monoisotopic (exact) mass is 212 g/mol. The van der Waals surface area contributed by atoms with Crippen LogP contribution >= 0.6 is 0 Å². The maximum absolute atomic E-state index is 5.51. The molecule has 0 aromatic carbocycles. The summed E-state index contributed by atoms with van der Waals surface area (Å²) in [5.74, 6) is 0. The molecule has 90 valence electrons. The third-order valence-corrected chi connectivity index (χ3v) is 3.65. The van der Waals surface area contributed by atoms with Crippen LogP contribution in [0.4, 0.5) is 0 Å². The second-order valence-electron chi connectivity index (χ2n) is 4.77. The minimum absolute atomic E-state index is 0.857. The lowest BCUT2D eigenvalue weighted by molar-refractivity contribution is 0.161. The molecule has 0 spiro atoms. The summed E-state index contributed by atoms with van der Waals surface area (Å²) in [6.45, 7) is 5.68. The van der Waals surface area contributed by atoms with E-state index in [-0.39, 0.29) is 0 Å². The molecule has 15 heavy (non-hydrogen) atoms. The number of hydrogen-bond acceptors (Lipinski definition) is 2. The molecule has 0 aromatic rings. The topological polar surface area (TPSA) is 29.3 Å². The van der Waals surface area contributed by atoms with Crippen molar-refractivity contribution in [3.05, 3.63) is 0 Å². The van der Waals surface area contributed by atoms with Crippen LogP contribution in [-0.2, 0) is 0 Å². The van der Waals surface area contributed by atoms with E-state index in [0.717, 1.165) is 12.6 Å². The van der Waals surface area contributed by atoms with Gasteiger partial charge in [0.25, 0.3) is 0 Å². The van der Waals surface area contributed by atoms with Crippen LogP contribution in [-0.4, -0.2) is 30.6 Å². The van der Waals surface area contributed by atoms with Gasteiger partial charge in [-0.2, -0.15) is 0 Å². The molecule has 2 heteroatoms. The fraction of sp³-hybridized carbons (Fsp3) is 1.00. The molecule has 0 unspecified atom stereocenters. The molecule has 1 aliphatic carbocycles. The fourth-order valence-electron chi connectivity index (χ4n) is 2.68. The number of rotatable bonds is 7. The zero-order chi connectivity index (χ0) is 10.9. The van der Waals surface area contributed by atoms with Crippen molar-refractivity contribution in [3.63, 3.8) is 0 Å². The van der Waals surface area contributed by atoms with Gasteiger partial charge < -0.3 is 10.6 Å². The van der Waals surface area contributed by atoms with Crippen LogP contribution in [0.25, 0.3) is 0 Å².